The van der Waals surface area contributed by atoms with E-state index in [2.05, 4.69) is 22.2 Å². The first-order valence-corrected chi connectivity index (χ1v) is 7.57. The lowest BCUT2D eigenvalue weighted by Crippen LogP contribution is -2.29. The number of imidazole rings is 1. The third-order valence-electron chi connectivity index (χ3n) is 3.52. The average Bonchev–Trinajstić information content (AvgIpc) is 2.80. The number of rotatable bonds is 7. The highest BCUT2D eigenvalue weighted by Gasteiger charge is 2.17. The summed E-state index contributed by atoms with van der Waals surface area (Å²) in [4.78, 5) is 30.4. The molecule has 2 heterocycles. The maximum absolute atomic E-state index is 12.1. The Hall–Kier alpha value is -2.09. The van der Waals surface area contributed by atoms with Gasteiger partial charge in [-0.1, -0.05) is 19.8 Å². The second kappa shape index (κ2) is 6.78. The molecule has 0 unspecified atom stereocenters. The van der Waals surface area contributed by atoms with Crippen molar-refractivity contribution in [2.75, 3.05) is 11.9 Å². The largest absolute Gasteiger partial charge is 0.392 e. The number of aromatic amines is 1. The lowest BCUT2D eigenvalue weighted by molar-refractivity contribution is 0.175. The molecule has 3 N–H and O–H groups in total. The van der Waals surface area contributed by atoms with Crippen LogP contribution in [0, 0.1) is 0 Å². The Bertz CT molecular complexity index is 756. The zero-order chi connectivity index (χ0) is 16.3. The molecule has 8 nitrogen and oxygen atoms in total. The molecule has 0 fully saturated rings. The van der Waals surface area contributed by atoms with Crippen molar-refractivity contribution in [1.29, 1.82) is 0 Å². The molecule has 22 heavy (non-hydrogen) atoms. The van der Waals surface area contributed by atoms with Crippen LogP contribution in [0.5, 0.6) is 0 Å². The molecule has 0 aliphatic rings. The quantitative estimate of drug-likeness (QED) is 0.642. The lowest BCUT2D eigenvalue weighted by Gasteiger charge is -2.11. The van der Waals surface area contributed by atoms with E-state index in [4.69, 9.17) is 0 Å². The van der Waals surface area contributed by atoms with E-state index in [0.29, 0.717) is 17.1 Å². The Balaban J connectivity index is 2.50. The van der Waals surface area contributed by atoms with Gasteiger partial charge in [0.2, 0.25) is 5.95 Å². The van der Waals surface area contributed by atoms with Crippen molar-refractivity contribution in [3.63, 3.8) is 0 Å². The van der Waals surface area contributed by atoms with Gasteiger partial charge in [-0.2, -0.15) is 4.98 Å². The van der Waals surface area contributed by atoms with Crippen LogP contribution < -0.4 is 16.6 Å². The van der Waals surface area contributed by atoms with E-state index in [-0.39, 0.29) is 6.54 Å². The van der Waals surface area contributed by atoms with Crippen molar-refractivity contribution in [1.82, 2.24) is 19.1 Å². The van der Waals surface area contributed by atoms with Crippen LogP contribution in [0.25, 0.3) is 11.2 Å². The highest BCUT2D eigenvalue weighted by atomic mass is 16.3. The van der Waals surface area contributed by atoms with Gasteiger partial charge in [0.15, 0.2) is 11.2 Å². The van der Waals surface area contributed by atoms with Crippen molar-refractivity contribution >= 4 is 17.1 Å². The van der Waals surface area contributed by atoms with Crippen molar-refractivity contribution in [3.05, 3.63) is 20.8 Å². The summed E-state index contributed by atoms with van der Waals surface area (Å²) in [7, 11) is 1.56. The van der Waals surface area contributed by atoms with Gasteiger partial charge in [-0.25, -0.2) is 4.79 Å². The number of aryl methyl sites for hydroxylation is 1. The fourth-order valence-corrected chi connectivity index (χ4v) is 2.39. The molecule has 0 radical (unpaired) electrons. The Morgan fingerprint density at radius 3 is 2.73 bits per heavy atom. The number of hydrogen-bond acceptors (Lipinski definition) is 5. The highest BCUT2D eigenvalue weighted by molar-refractivity contribution is 5.74. The normalized spacial score (nSPS) is 12.7. The van der Waals surface area contributed by atoms with Crippen molar-refractivity contribution in [2.24, 2.45) is 7.05 Å². The van der Waals surface area contributed by atoms with E-state index in [1.807, 2.05) is 0 Å². The zero-order valence-corrected chi connectivity index (χ0v) is 13.2. The van der Waals surface area contributed by atoms with E-state index in [1.165, 1.54) is 4.57 Å². The first-order chi connectivity index (χ1) is 10.5. The maximum Gasteiger partial charge on any atom is 0.329 e. The fourth-order valence-electron chi connectivity index (χ4n) is 2.39. The van der Waals surface area contributed by atoms with E-state index in [0.717, 1.165) is 25.8 Å². The van der Waals surface area contributed by atoms with E-state index >= 15 is 0 Å². The number of aromatic nitrogens is 4. The molecule has 1 atom stereocenters. The summed E-state index contributed by atoms with van der Waals surface area (Å²) in [5.41, 5.74) is -0.391. The minimum Gasteiger partial charge on any atom is -0.392 e. The second-order valence-corrected chi connectivity index (χ2v) is 5.52. The van der Waals surface area contributed by atoms with Gasteiger partial charge in [0.05, 0.1) is 12.6 Å². The molecule has 2 aromatic rings. The number of nitrogens with one attached hydrogen (secondary N) is 2. The number of hydrogen-bond donors (Lipinski definition) is 3. The van der Waals surface area contributed by atoms with Crippen LogP contribution in [0.3, 0.4) is 0 Å². The molecule has 0 bridgehead atoms. The minimum absolute atomic E-state index is 0.230. The van der Waals surface area contributed by atoms with Gasteiger partial charge in [0.1, 0.15) is 0 Å². The number of nitrogens with zero attached hydrogens (tertiary/aromatic N) is 3. The zero-order valence-electron chi connectivity index (χ0n) is 13.2. The van der Waals surface area contributed by atoms with Gasteiger partial charge in [0.25, 0.3) is 5.56 Å². The van der Waals surface area contributed by atoms with E-state index in [1.54, 1.807) is 18.5 Å². The van der Waals surface area contributed by atoms with Crippen LogP contribution in [-0.2, 0) is 13.6 Å². The molecule has 0 aromatic carbocycles. The monoisotopic (exact) mass is 309 g/mol. The third kappa shape index (κ3) is 3.22. The molecule has 2 aromatic heterocycles. The summed E-state index contributed by atoms with van der Waals surface area (Å²) in [5, 5.41) is 12.9. The molecular weight excluding hydrogens is 286 g/mol. The average molecular weight is 309 g/mol. The van der Waals surface area contributed by atoms with Gasteiger partial charge in [0, 0.05) is 13.6 Å². The lowest BCUT2D eigenvalue weighted by atomic mass is 10.2. The number of anilines is 1. The predicted octanol–water partition coefficient (Wildman–Crippen LogP) is 0.406. The topological polar surface area (TPSA) is 105 Å². The summed E-state index contributed by atoms with van der Waals surface area (Å²) in [6.07, 6.45) is 2.57. The van der Waals surface area contributed by atoms with Gasteiger partial charge in [-0.3, -0.25) is 14.3 Å². The van der Waals surface area contributed by atoms with Crippen LogP contribution >= 0.6 is 0 Å². The van der Waals surface area contributed by atoms with Gasteiger partial charge >= 0.3 is 5.69 Å². The van der Waals surface area contributed by atoms with Gasteiger partial charge in [-0.05, 0) is 13.3 Å². The first kappa shape index (κ1) is 16.3. The van der Waals surface area contributed by atoms with Crippen LogP contribution in [0.4, 0.5) is 5.95 Å². The molecule has 0 saturated carbocycles. The maximum atomic E-state index is 12.1. The molecule has 2 rings (SSSR count). The molecule has 122 valence electrons. The first-order valence-electron chi connectivity index (χ1n) is 7.57. The number of aliphatic hydroxyl groups excluding tert-OH is 1. The molecule has 0 amide bonds. The van der Waals surface area contributed by atoms with Crippen molar-refractivity contribution in [2.45, 2.75) is 45.8 Å². The van der Waals surface area contributed by atoms with Crippen molar-refractivity contribution < 1.29 is 5.11 Å². The summed E-state index contributed by atoms with van der Waals surface area (Å²) in [6, 6.07) is 0. The smallest absolute Gasteiger partial charge is 0.329 e. The number of H-pyrrole nitrogens is 1. The van der Waals surface area contributed by atoms with Crippen LogP contribution in [0.15, 0.2) is 9.59 Å². The number of fused-ring (bicyclic) bond motifs is 1. The summed E-state index contributed by atoms with van der Waals surface area (Å²) >= 11 is 0. The van der Waals surface area contributed by atoms with E-state index in [9.17, 15) is 14.7 Å². The number of aliphatic hydroxyl groups is 1. The summed E-state index contributed by atoms with van der Waals surface area (Å²) in [6.45, 7) is 4.72. The predicted molar refractivity (Wildman–Crippen MR) is 85.3 cm³/mol. The van der Waals surface area contributed by atoms with E-state index < -0.39 is 17.4 Å². The van der Waals surface area contributed by atoms with Gasteiger partial charge < -0.3 is 15.0 Å². The third-order valence-corrected chi connectivity index (χ3v) is 3.52. The van der Waals surface area contributed by atoms with Crippen LogP contribution in [0.2, 0.25) is 0 Å². The minimum atomic E-state index is -0.634. The standard InChI is InChI=1S/C14H23N5O3/c1-4-5-6-7-15-13-16-11-10(19(13)8-9(2)20)12(21)17-14(22)18(11)3/h9,20H,4-8H2,1-3H3,(H,15,16)(H,17,21,22)/t9-/m0/s1. The van der Waals surface area contributed by atoms with Crippen LogP contribution in [-0.4, -0.2) is 36.9 Å². The van der Waals surface area contributed by atoms with Crippen molar-refractivity contribution in [3.8, 4) is 0 Å². The number of unbranched alkanes of at least 4 members (excludes halogenated alkanes) is 2. The Morgan fingerprint density at radius 2 is 2.09 bits per heavy atom. The Morgan fingerprint density at radius 1 is 1.36 bits per heavy atom. The second-order valence-electron chi connectivity index (χ2n) is 5.52. The molecule has 0 aliphatic carbocycles. The SMILES string of the molecule is CCCCCNc1nc2c(c(=O)[nH]c(=O)n2C)n1C[C@H](C)O. The molecular formula is C14H23N5O3. The summed E-state index contributed by atoms with van der Waals surface area (Å²) in [5.74, 6) is 0.499. The Kier molecular flexibility index (Phi) is 5.02. The molecule has 0 aliphatic heterocycles. The summed E-state index contributed by atoms with van der Waals surface area (Å²) < 4.78 is 2.93. The van der Waals surface area contributed by atoms with Crippen LogP contribution in [0.1, 0.15) is 33.1 Å². The molecule has 8 heteroatoms. The highest BCUT2D eigenvalue weighted by Crippen LogP contribution is 2.16. The van der Waals surface area contributed by atoms with Gasteiger partial charge in [-0.15, -0.1) is 0 Å². The fraction of sp³-hybridized carbons (Fsp3) is 0.643. The molecule has 0 saturated heterocycles. The Labute approximate surface area is 127 Å². The molecule has 0 spiro atoms.